The average Bonchev–Trinajstić information content (AvgIpc) is 2.67. The average molecular weight is 404 g/mol. The summed E-state index contributed by atoms with van der Waals surface area (Å²) >= 11 is 11.8. The smallest absolute Gasteiger partial charge is 0.337 e. The van der Waals surface area contributed by atoms with E-state index in [1.165, 1.54) is 6.07 Å². The predicted molar refractivity (Wildman–Crippen MR) is 106 cm³/mol. The first kappa shape index (κ1) is 18.8. The zero-order chi connectivity index (χ0) is 19.2. The van der Waals surface area contributed by atoms with E-state index >= 15 is 0 Å². The Kier molecular flexibility index (Phi) is 6.01. The fourth-order valence-electron chi connectivity index (χ4n) is 2.38. The van der Waals surface area contributed by atoms with Crippen LogP contribution in [0.4, 0.5) is 10.5 Å². The summed E-state index contributed by atoms with van der Waals surface area (Å²) in [7, 11) is 0. The van der Waals surface area contributed by atoms with Gasteiger partial charge in [-0.3, -0.25) is 10.2 Å². The lowest BCUT2D eigenvalue weighted by molar-refractivity contribution is -0.123. The van der Waals surface area contributed by atoms with E-state index in [0.29, 0.717) is 15.7 Å². The molecule has 0 saturated carbocycles. The molecule has 138 valence electrons. The van der Waals surface area contributed by atoms with Crippen molar-refractivity contribution in [2.45, 2.75) is 0 Å². The van der Waals surface area contributed by atoms with Gasteiger partial charge in [-0.2, -0.15) is 0 Å². The lowest BCUT2D eigenvalue weighted by atomic mass is 10.1. The first-order valence-corrected chi connectivity index (χ1v) is 8.70. The molecule has 27 heavy (non-hydrogen) atoms. The van der Waals surface area contributed by atoms with Crippen LogP contribution in [-0.2, 0) is 4.79 Å². The number of nitrogens with one attached hydrogen (secondary N) is 3. The number of rotatable bonds is 4. The molecule has 0 fully saturated rings. The van der Waals surface area contributed by atoms with Crippen molar-refractivity contribution < 1.29 is 14.3 Å². The third kappa shape index (κ3) is 5.03. The molecular formula is C19H15Cl2N3O3. The monoisotopic (exact) mass is 403 g/mol. The van der Waals surface area contributed by atoms with Crippen LogP contribution in [0.1, 0.15) is 0 Å². The molecule has 0 heterocycles. The molecule has 0 unspecified atom stereocenters. The Labute approximate surface area is 165 Å². The van der Waals surface area contributed by atoms with Gasteiger partial charge in [0, 0.05) is 16.5 Å². The number of fused-ring (bicyclic) bond motifs is 1. The van der Waals surface area contributed by atoms with Crippen molar-refractivity contribution in [2.75, 3.05) is 11.9 Å². The molecule has 3 rings (SSSR count). The van der Waals surface area contributed by atoms with Crippen molar-refractivity contribution >= 4 is 51.6 Å². The van der Waals surface area contributed by atoms with E-state index in [4.69, 9.17) is 27.9 Å². The van der Waals surface area contributed by atoms with E-state index in [0.717, 1.165) is 10.8 Å². The fourth-order valence-corrected chi connectivity index (χ4v) is 2.72. The molecule has 0 saturated heterocycles. The minimum atomic E-state index is -0.583. The third-order valence-corrected chi connectivity index (χ3v) is 4.15. The SMILES string of the molecule is O=C(COc1cc(Cl)ccc1Cl)NNC(=O)Nc1cccc2ccccc12. The van der Waals surface area contributed by atoms with Gasteiger partial charge in [0.05, 0.1) is 10.7 Å². The summed E-state index contributed by atoms with van der Waals surface area (Å²) in [6.07, 6.45) is 0. The number of halogens is 2. The zero-order valence-electron chi connectivity index (χ0n) is 14.0. The van der Waals surface area contributed by atoms with Gasteiger partial charge in [-0.15, -0.1) is 0 Å². The maximum Gasteiger partial charge on any atom is 0.337 e. The summed E-state index contributed by atoms with van der Waals surface area (Å²) in [6, 6.07) is 17.3. The van der Waals surface area contributed by atoms with Crippen molar-refractivity contribution in [3.63, 3.8) is 0 Å². The minimum Gasteiger partial charge on any atom is -0.482 e. The molecule has 0 radical (unpaired) electrons. The van der Waals surface area contributed by atoms with E-state index in [1.807, 2.05) is 36.4 Å². The Morgan fingerprint density at radius 1 is 0.926 bits per heavy atom. The van der Waals surface area contributed by atoms with Gasteiger partial charge in [0.25, 0.3) is 5.91 Å². The van der Waals surface area contributed by atoms with Crippen molar-refractivity contribution in [3.8, 4) is 5.75 Å². The fraction of sp³-hybridized carbons (Fsp3) is 0.0526. The highest BCUT2D eigenvalue weighted by Crippen LogP contribution is 2.27. The molecule has 3 N–H and O–H groups in total. The van der Waals surface area contributed by atoms with Crippen molar-refractivity contribution in [3.05, 3.63) is 70.7 Å². The van der Waals surface area contributed by atoms with Crippen LogP contribution in [0.3, 0.4) is 0 Å². The van der Waals surface area contributed by atoms with Gasteiger partial charge in [-0.05, 0) is 23.6 Å². The Balaban J connectivity index is 1.51. The number of carbonyl (C=O) groups excluding carboxylic acids is 2. The van der Waals surface area contributed by atoms with Crippen molar-refractivity contribution in [1.82, 2.24) is 10.9 Å². The molecular weight excluding hydrogens is 389 g/mol. The Hall–Kier alpha value is -2.96. The number of hydrogen-bond donors (Lipinski definition) is 3. The Bertz CT molecular complexity index is 990. The van der Waals surface area contributed by atoms with Crippen LogP contribution < -0.4 is 20.9 Å². The predicted octanol–water partition coefficient (Wildman–Crippen LogP) is 4.38. The van der Waals surface area contributed by atoms with Gasteiger partial charge >= 0.3 is 6.03 Å². The highest BCUT2D eigenvalue weighted by atomic mass is 35.5. The molecule has 3 aromatic carbocycles. The van der Waals surface area contributed by atoms with Gasteiger partial charge in [-0.1, -0.05) is 59.6 Å². The standard InChI is InChI=1S/C19H15Cl2N3O3/c20-13-8-9-15(21)17(10-13)27-11-18(25)23-24-19(26)22-16-7-3-5-12-4-1-2-6-14(12)16/h1-10H,11H2,(H,23,25)(H2,22,24,26). The number of hydrazine groups is 1. The number of ether oxygens (including phenoxy) is 1. The summed E-state index contributed by atoms with van der Waals surface area (Å²) < 4.78 is 5.29. The van der Waals surface area contributed by atoms with E-state index in [1.54, 1.807) is 18.2 Å². The molecule has 0 aliphatic carbocycles. The summed E-state index contributed by atoms with van der Waals surface area (Å²) in [4.78, 5) is 23.8. The van der Waals surface area contributed by atoms with Gasteiger partial charge in [-0.25, -0.2) is 10.2 Å². The second kappa shape index (κ2) is 8.62. The highest BCUT2D eigenvalue weighted by molar-refractivity contribution is 6.34. The van der Waals surface area contributed by atoms with E-state index < -0.39 is 11.9 Å². The lowest BCUT2D eigenvalue weighted by Gasteiger charge is -2.12. The molecule has 0 bridgehead atoms. The maximum absolute atomic E-state index is 12.0. The van der Waals surface area contributed by atoms with Crippen LogP contribution >= 0.6 is 23.2 Å². The minimum absolute atomic E-state index is 0.277. The Morgan fingerprint density at radius 2 is 1.70 bits per heavy atom. The van der Waals surface area contributed by atoms with Crippen LogP contribution in [0.25, 0.3) is 10.8 Å². The zero-order valence-corrected chi connectivity index (χ0v) is 15.5. The first-order chi connectivity index (χ1) is 13.0. The summed E-state index contributed by atoms with van der Waals surface area (Å²) in [5, 5.41) is 5.33. The number of anilines is 1. The summed E-state index contributed by atoms with van der Waals surface area (Å²) in [6.45, 7) is -0.339. The molecule has 0 atom stereocenters. The second-order valence-corrected chi connectivity index (χ2v) is 6.36. The number of hydrogen-bond acceptors (Lipinski definition) is 3. The molecule has 8 heteroatoms. The molecule has 0 spiro atoms. The first-order valence-electron chi connectivity index (χ1n) is 7.94. The van der Waals surface area contributed by atoms with Crippen molar-refractivity contribution in [2.24, 2.45) is 0 Å². The normalized spacial score (nSPS) is 10.3. The van der Waals surface area contributed by atoms with Gasteiger partial charge < -0.3 is 10.1 Å². The summed E-state index contributed by atoms with van der Waals surface area (Å²) in [5.41, 5.74) is 5.15. The van der Waals surface area contributed by atoms with E-state index in [2.05, 4.69) is 16.2 Å². The number of amides is 3. The summed E-state index contributed by atoms with van der Waals surface area (Å²) in [5.74, 6) is -0.279. The number of benzene rings is 3. The van der Waals surface area contributed by atoms with Crippen LogP contribution in [-0.4, -0.2) is 18.5 Å². The largest absolute Gasteiger partial charge is 0.482 e. The quantitative estimate of drug-likeness (QED) is 0.565. The maximum atomic E-state index is 12.0. The third-order valence-electron chi connectivity index (χ3n) is 3.61. The molecule has 0 aliphatic heterocycles. The molecule has 3 amide bonds. The highest BCUT2D eigenvalue weighted by Gasteiger charge is 2.09. The van der Waals surface area contributed by atoms with Crippen LogP contribution in [0.2, 0.25) is 10.0 Å². The van der Waals surface area contributed by atoms with Gasteiger partial charge in [0.1, 0.15) is 5.75 Å². The number of carbonyl (C=O) groups is 2. The molecule has 3 aromatic rings. The Morgan fingerprint density at radius 3 is 2.56 bits per heavy atom. The lowest BCUT2D eigenvalue weighted by Crippen LogP contribution is -2.45. The molecule has 0 aliphatic rings. The number of urea groups is 1. The van der Waals surface area contributed by atoms with E-state index in [-0.39, 0.29) is 12.4 Å². The van der Waals surface area contributed by atoms with Crippen molar-refractivity contribution in [1.29, 1.82) is 0 Å². The van der Waals surface area contributed by atoms with Crippen LogP contribution in [0, 0.1) is 0 Å². The topological polar surface area (TPSA) is 79.5 Å². The molecule has 6 nitrogen and oxygen atoms in total. The molecule has 0 aromatic heterocycles. The van der Waals surface area contributed by atoms with Gasteiger partial charge in [0.15, 0.2) is 6.61 Å². The van der Waals surface area contributed by atoms with Gasteiger partial charge in [0.2, 0.25) is 0 Å². The second-order valence-electron chi connectivity index (χ2n) is 5.52. The van der Waals surface area contributed by atoms with Crippen LogP contribution in [0.5, 0.6) is 5.75 Å². The van der Waals surface area contributed by atoms with E-state index in [9.17, 15) is 9.59 Å². The van der Waals surface area contributed by atoms with Crippen LogP contribution in [0.15, 0.2) is 60.7 Å².